The van der Waals surface area contributed by atoms with Crippen LogP contribution in [-0.4, -0.2) is 16.9 Å². The van der Waals surface area contributed by atoms with E-state index in [1.54, 1.807) is 6.20 Å². The number of benzene rings is 1. The predicted octanol–water partition coefficient (Wildman–Crippen LogP) is 1.49. The molecule has 0 fully saturated rings. The van der Waals surface area contributed by atoms with Gasteiger partial charge in [-0.1, -0.05) is 0 Å². The van der Waals surface area contributed by atoms with Crippen molar-refractivity contribution in [2.24, 2.45) is 5.73 Å². The summed E-state index contributed by atoms with van der Waals surface area (Å²) in [7, 11) is 0. The Labute approximate surface area is 105 Å². The molecule has 0 saturated heterocycles. The summed E-state index contributed by atoms with van der Waals surface area (Å²) in [5, 5.41) is 4.23. The van der Waals surface area contributed by atoms with Crippen molar-refractivity contribution in [1.29, 1.82) is 0 Å². The lowest BCUT2D eigenvalue weighted by Gasteiger charge is -2.15. The topological polar surface area (TPSA) is 94.0 Å². The number of hydrogen-bond donors (Lipinski definition) is 3. The second-order valence-corrected chi connectivity index (χ2v) is 4.35. The molecule has 1 heterocycles. The Morgan fingerprint density at radius 2 is 2.22 bits per heavy atom. The lowest BCUT2D eigenvalue weighted by molar-refractivity contribution is -0.118. The smallest absolute Gasteiger partial charge is 0.219 e. The van der Waals surface area contributed by atoms with Gasteiger partial charge in [-0.05, 0) is 31.2 Å². The SMILES string of the molecule is CC(CC(N)=O)Nc1ccnc2cc(N)ccc12. The van der Waals surface area contributed by atoms with Crippen LogP contribution in [0.2, 0.25) is 0 Å². The van der Waals surface area contributed by atoms with Gasteiger partial charge in [0.1, 0.15) is 0 Å². The van der Waals surface area contributed by atoms with E-state index in [4.69, 9.17) is 11.5 Å². The largest absolute Gasteiger partial charge is 0.399 e. The van der Waals surface area contributed by atoms with Crippen molar-refractivity contribution < 1.29 is 4.79 Å². The van der Waals surface area contributed by atoms with Crippen molar-refractivity contribution >= 4 is 28.2 Å². The zero-order valence-corrected chi connectivity index (χ0v) is 10.2. The minimum atomic E-state index is -0.322. The van der Waals surface area contributed by atoms with Crippen molar-refractivity contribution in [2.75, 3.05) is 11.1 Å². The maximum atomic E-state index is 10.9. The van der Waals surface area contributed by atoms with Crippen LogP contribution in [0, 0.1) is 0 Å². The highest BCUT2D eigenvalue weighted by molar-refractivity contribution is 5.93. The number of rotatable bonds is 4. The molecule has 5 N–H and O–H groups in total. The summed E-state index contributed by atoms with van der Waals surface area (Å²) in [6, 6.07) is 7.41. The lowest BCUT2D eigenvalue weighted by atomic mass is 10.1. The summed E-state index contributed by atoms with van der Waals surface area (Å²) in [5.74, 6) is -0.322. The van der Waals surface area contributed by atoms with E-state index in [-0.39, 0.29) is 11.9 Å². The van der Waals surface area contributed by atoms with Crippen molar-refractivity contribution in [3.05, 3.63) is 30.5 Å². The number of amides is 1. The molecule has 1 amide bonds. The van der Waals surface area contributed by atoms with Gasteiger partial charge in [-0.15, -0.1) is 0 Å². The molecule has 0 aliphatic heterocycles. The van der Waals surface area contributed by atoms with Crippen LogP contribution in [0.4, 0.5) is 11.4 Å². The van der Waals surface area contributed by atoms with Gasteiger partial charge < -0.3 is 16.8 Å². The monoisotopic (exact) mass is 244 g/mol. The number of nitrogens with two attached hydrogens (primary N) is 2. The number of nitrogens with one attached hydrogen (secondary N) is 1. The van der Waals surface area contributed by atoms with Crippen LogP contribution in [0.1, 0.15) is 13.3 Å². The zero-order chi connectivity index (χ0) is 13.1. The minimum Gasteiger partial charge on any atom is -0.399 e. The van der Waals surface area contributed by atoms with Gasteiger partial charge in [-0.3, -0.25) is 9.78 Å². The molecule has 2 rings (SSSR count). The standard InChI is InChI=1S/C13H16N4O/c1-8(6-13(15)18)17-11-4-5-16-12-7-9(14)2-3-10(11)12/h2-5,7-8H,6,14H2,1H3,(H2,15,18)(H,16,17). The Hall–Kier alpha value is -2.30. The van der Waals surface area contributed by atoms with Gasteiger partial charge in [0, 0.05) is 35.4 Å². The van der Waals surface area contributed by atoms with Gasteiger partial charge >= 0.3 is 0 Å². The highest BCUT2D eigenvalue weighted by Gasteiger charge is 2.08. The molecule has 5 nitrogen and oxygen atoms in total. The average Bonchev–Trinajstić information content (AvgIpc) is 2.27. The molecule has 0 aliphatic carbocycles. The van der Waals surface area contributed by atoms with E-state index < -0.39 is 0 Å². The van der Waals surface area contributed by atoms with E-state index in [1.165, 1.54) is 0 Å². The van der Waals surface area contributed by atoms with Gasteiger partial charge in [-0.25, -0.2) is 0 Å². The second kappa shape index (κ2) is 4.91. The van der Waals surface area contributed by atoms with Crippen LogP contribution in [0.15, 0.2) is 30.5 Å². The maximum Gasteiger partial charge on any atom is 0.219 e. The number of primary amides is 1. The predicted molar refractivity (Wildman–Crippen MR) is 73.1 cm³/mol. The van der Waals surface area contributed by atoms with Crippen molar-refractivity contribution in [1.82, 2.24) is 4.98 Å². The highest BCUT2D eigenvalue weighted by Crippen LogP contribution is 2.24. The van der Waals surface area contributed by atoms with Crippen molar-refractivity contribution in [3.8, 4) is 0 Å². The Morgan fingerprint density at radius 1 is 1.44 bits per heavy atom. The van der Waals surface area contributed by atoms with Crippen molar-refractivity contribution in [2.45, 2.75) is 19.4 Å². The summed E-state index contributed by atoms with van der Waals surface area (Å²) in [6.45, 7) is 1.91. The highest BCUT2D eigenvalue weighted by atomic mass is 16.1. The molecule has 18 heavy (non-hydrogen) atoms. The summed E-state index contributed by atoms with van der Waals surface area (Å²) in [6.07, 6.45) is 2.00. The number of fused-ring (bicyclic) bond motifs is 1. The molecular weight excluding hydrogens is 228 g/mol. The van der Waals surface area contributed by atoms with E-state index in [0.29, 0.717) is 12.1 Å². The summed E-state index contributed by atoms with van der Waals surface area (Å²) in [5.41, 5.74) is 13.3. The van der Waals surface area contributed by atoms with Crippen LogP contribution < -0.4 is 16.8 Å². The molecule has 5 heteroatoms. The number of pyridine rings is 1. The zero-order valence-electron chi connectivity index (χ0n) is 10.2. The van der Waals surface area contributed by atoms with Crippen LogP contribution in [0.3, 0.4) is 0 Å². The molecule has 1 aromatic heterocycles. The molecule has 1 unspecified atom stereocenters. The molecule has 0 spiro atoms. The Morgan fingerprint density at radius 3 is 2.94 bits per heavy atom. The normalized spacial score (nSPS) is 12.3. The Kier molecular flexibility index (Phi) is 3.32. The van der Waals surface area contributed by atoms with Gasteiger partial charge in [0.2, 0.25) is 5.91 Å². The Balaban J connectivity index is 2.30. The van der Waals surface area contributed by atoms with Gasteiger partial charge in [0.05, 0.1) is 5.52 Å². The third-order valence-electron chi connectivity index (χ3n) is 2.68. The molecule has 0 bridgehead atoms. The number of nitrogens with zero attached hydrogens (tertiary/aromatic N) is 1. The number of hydrogen-bond acceptors (Lipinski definition) is 4. The van der Waals surface area contributed by atoms with Gasteiger partial charge in [0.25, 0.3) is 0 Å². The lowest BCUT2D eigenvalue weighted by Crippen LogP contribution is -2.24. The number of carbonyl (C=O) groups excluding carboxylic acids is 1. The van der Waals surface area contributed by atoms with Crippen LogP contribution in [0.25, 0.3) is 10.9 Å². The summed E-state index contributed by atoms with van der Waals surface area (Å²) < 4.78 is 0. The molecule has 0 aliphatic rings. The first kappa shape index (κ1) is 12.2. The van der Waals surface area contributed by atoms with Gasteiger partial charge in [-0.2, -0.15) is 0 Å². The number of aromatic nitrogens is 1. The first-order valence-corrected chi connectivity index (χ1v) is 5.75. The molecule has 94 valence electrons. The fourth-order valence-corrected chi connectivity index (χ4v) is 1.91. The molecule has 1 atom stereocenters. The summed E-state index contributed by atoms with van der Waals surface area (Å²) >= 11 is 0. The number of anilines is 2. The first-order valence-electron chi connectivity index (χ1n) is 5.75. The fraction of sp³-hybridized carbons (Fsp3) is 0.231. The second-order valence-electron chi connectivity index (χ2n) is 4.35. The van der Waals surface area contributed by atoms with E-state index in [1.807, 2.05) is 31.2 Å². The third kappa shape index (κ3) is 2.68. The van der Waals surface area contributed by atoms with Crippen LogP contribution in [-0.2, 0) is 4.79 Å². The van der Waals surface area contributed by atoms with Crippen molar-refractivity contribution in [3.63, 3.8) is 0 Å². The quantitative estimate of drug-likeness (QED) is 0.710. The van der Waals surface area contributed by atoms with Crippen LogP contribution in [0.5, 0.6) is 0 Å². The molecule has 0 radical (unpaired) electrons. The Bertz CT molecular complexity index is 582. The molecule has 0 saturated carbocycles. The summed E-state index contributed by atoms with van der Waals surface area (Å²) in [4.78, 5) is 15.1. The third-order valence-corrected chi connectivity index (χ3v) is 2.68. The molecule has 1 aromatic carbocycles. The minimum absolute atomic E-state index is 0.0225. The van der Waals surface area contributed by atoms with E-state index in [2.05, 4.69) is 10.3 Å². The first-order chi connectivity index (χ1) is 8.56. The van der Waals surface area contributed by atoms with E-state index >= 15 is 0 Å². The number of carbonyl (C=O) groups is 1. The van der Waals surface area contributed by atoms with E-state index in [0.717, 1.165) is 16.6 Å². The van der Waals surface area contributed by atoms with Crippen LogP contribution >= 0.6 is 0 Å². The molecular formula is C13H16N4O. The van der Waals surface area contributed by atoms with Gasteiger partial charge in [0.15, 0.2) is 0 Å². The number of nitrogen functional groups attached to an aromatic ring is 1. The maximum absolute atomic E-state index is 10.9. The fourth-order valence-electron chi connectivity index (χ4n) is 1.91. The van der Waals surface area contributed by atoms with E-state index in [9.17, 15) is 4.79 Å². The molecule has 2 aromatic rings. The average molecular weight is 244 g/mol.